The Bertz CT molecular complexity index is 1060. The predicted molar refractivity (Wildman–Crippen MR) is 133 cm³/mol. The van der Waals surface area contributed by atoms with Gasteiger partial charge in [-0.15, -0.1) is 0 Å². The zero-order valence-electron chi connectivity index (χ0n) is 19.4. The van der Waals surface area contributed by atoms with Crippen molar-refractivity contribution < 1.29 is 4.74 Å². The van der Waals surface area contributed by atoms with Gasteiger partial charge in [0.1, 0.15) is 5.75 Å². The summed E-state index contributed by atoms with van der Waals surface area (Å²) < 4.78 is 5.81. The fraction of sp³-hybridized carbons (Fsp3) is 0.407. The molecule has 1 aliphatic heterocycles. The minimum absolute atomic E-state index is 0.224. The first-order valence-corrected chi connectivity index (χ1v) is 12.1. The molecule has 0 bridgehead atoms. The third kappa shape index (κ3) is 5.36. The molecule has 0 spiro atoms. The summed E-state index contributed by atoms with van der Waals surface area (Å²) in [6.07, 6.45) is 5.69. The summed E-state index contributed by atoms with van der Waals surface area (Å²) in [5.41, 5.74) is 4.24. The Morgan fingerprint density at radius 2 is 1.81 bits per heavy atom. The van der Waals surface area contributed by atoms with Gasteiger partial charge in [-0.3, -0.25) is 4.90 Å². The molecular formula is C27H34N2OS. The second-order valence-electron chi connectivity index (χ2n) is 9.78. The highest BCUT2D eigenvalue weighted by Gasteiger charge is 2.24. The number of nitrogens with zero attached hydrogens (tertiary/aromatic N) is 1. The van der Waals surface area contributed by atoms with Gasteiger partial charge in [-0.2, -0.15) is 0 Å². The van der Waals surface area contributed by atoms with Crippen molar-refractivity contribution in [2.75, 3.05) is 19.7 Å². The van der Waals surface area contributed by atoms with E-state index in [0.29, 0.717) is 5.92 Å². The normalized spacial score (nSPS) is 15.5. The van der Waals surface area contributed by atoms with E-state index in [1.54, 1.807) is 11.8 Å². The first kappa shape index (κ1) is 22.0. The monoisotopic (exact) mass is 434 g/mol. The van der Waals surface area contributed by atoms with Crippen LogP contribution in [0.2, 0.25) is 0 Å². The molecule has 4 heteroatoms. The number of hydrogen-bond donors (Lipinski definition) is 1. The van der Waals surface area contributed by atoms with Gasteiger partial charge >= 0.3 is 0 Å². The highest BCUT2D eigenvalue weighted by atomic mass is 32.2. The van der Waals surface area contributed by atoms with E-state index in [-0.39, 0.29) is 5.54 Å². The number of benzene rings is 2. The largest absolute Gasteiger partial charge is 0.493 e. The van der Waals surface area contributed by atoms with E-state index in [9.17, 15) is 0 Å². The third-order valence-electron chi connectivity index (χ3n) is 5.80. The van der Waals surface area contributed by atoms with Crippen molar-refractivity contribution in [2.24, 2.45) is 5.92 Å². The lowest BCUT2D eigenvalue weighted by Gasteiger charge is -2.37. The van der Waals surface area contributed by atoms with Crippen LogP contribution in [0, 0.1) is 5.92 Å². The van der Waals surface area contributed by atoms with Crippen molar-refractivity contribution in [1.29, 1.82) is 0 Å². The lowest BCUT2D eigenvalue weighted by molar-refractivity contribution is 0.153. The number of aromatic nitrogens is 1. The smallest absolute Gasteiger partial charge is 0.119 e. The molecule has 0 saturated carbocycles. The second kappa shape index (κ2) is 9.13. The summed E-state index contributed by atoms with van der Waals surface area (Å²) in [4.78, 5) is 8.50. The van der Waals surface area contributed by atoms with Gasteiger partial charge in [0.2, 0.25) is 0 Å². The van der Waals surface area contributed by atoms with Gasteiger partial charge in [0.05, 0.1) is 6.61 Å². The molecule has 0 atom stereocenters. The highest BCUT2D eigenvalue weighted by molar-refractivity contribution is 7.99. The van der Waals surface area contributed by atoms with Crippen molar-refractivity contribution in [3.8, 4) is 5.75 Å². The van der Waals surface area contributed by atoms with E-state index < -0.39 is 0 Å². The first-order valence-electron chi connectivity index (χ1n) is 11.3. The minimum Gasteiger partial charge on any atom is -0.493 e. The van der Waals surface area contributed by atoms with Gasteiger partial charge in [-0.1, -0.05) is 31.7 Å². The molecule has 0 fully saturated rings. The zero-order chi connectivity index (χ0) is 22.0. The van der Waals surface area contributed by atoms with E-state index in [4.69, 9.17) is 4.74 Å². The van der Waals surface area contributed by atoms with Crippen LogP contribution in [0.25, 0.3) is 16.5 Å². The van der Waals surface area contributed by atoms with Crippen LogP contribution in [0.5, 0.6) is 5.75 Å². The SMILES string of the molecule is CC(C)COc1ccc(Sc2ccc3[nH]cc(C4=CCN(C(C)(C)C)CC4)c3c2)cc1. The number of H-pyrrole nitrogens is 1. The van der Waals surface area contributed by atoms with Crippen molar-refractivity contribution in [2.45, 2.75) is 56.4 Å². The van der Waals surface area contributed by atoms with Gasteiger partial charge in [0.25, 0.3) is 0 Å². The maximum Gasteiger partial charge on any atom is 0.119 e. The molecular weight excluding hydrogens is 400 g/mol. The van der Waals surface area contributed by atoms with E-state index in [1.165, 1.54) is 31.8 Å². The van der Waals surface area contributed by atoms with E-state index in [0.717, 1.165) is 31.9 Å². The number of fused-ring (bicyclic) bond motifs is 1. The van der Waals surface area contributed by atoms with E-state index >= 15 is 0 Å². The Labute approximate surface area is 190 Å². The van der Waals surface area contributed by atoms with Crippen molar-refractivity contribution >= 4 is 28.2 Å². The molecule has 0 saturated heterocycles. The summed E-state index contributed by atoms with van der Waals surface area (Å²) in [5, 5.41) is 1.32. The Kier molecular flexibility index (Phi) is 6.49. The fourth-order valence-electron chi connectivity index (χ4n) is 3.95. The van der Waals surface area contributed by atoms with E-state index in [2.05, 4.69) is 99.2 Å². The number of aromatic amines is 1. The number of nitrogens with one attached hydrogen (secondary N) is 1. The molecule has 1 aromatic heterocycles. The average Bonchev–Trinajstić information content (AvgIpc) is 3.16. The molecule has 0 aliphatic carbocycles. The van der Waals surface area contributed by atoms with Crippen LogP contribution >= 0.6 is 11.8 Å². The molecule has 0 unspecified atom stereocenters. The highest BCUT2D eigenvalue weighted by Crippen LogP contribution is 2.35. The number of ether oxygens (including phenoxy) is 1. The summed E-state index contributed by atoms with van der Waals surface area (Å²) in [5.74, 6) is 1.47. The van der Waals surface area contributed by atoms with Crippen LogP contribution in [0.15, 0.2) is 64.5 Å². The van der Waals surface area contributed by atoms with Crippen LogP contribution in [0.4, 0.5) is 0 Å². The van der Waals surface area contributed by atoms with Gasteiger partial charge in [0, 0.05) is 51.1 Å². The Balaban J connectivity index is 1.50. The number of rotatable bonds is 6. The molecule has 3 nitrogen and oxygen atoms in total. The second-order valence-corrected chi connectivity index (χ2v) is 10.9. The van der Waals surface area contributed by atoms with Crippen LogP contribution < -0.4 is 4.74 Å². The van der Waals surface area contributed by atoms with Crippen LogP contribution in [-0.4, -0.2) is 35.1 Å². The van der Waals surface area contributed by atoms with Gasteiger partial charge in [-0.05, 0) is 81.1 Å². The molecule has 2 heterocycles. The van der Waals surface area contributed by atoms with Gasteiger partial charge in [-0.25, -0.2) is 0 Å². The van der Waals surface area contributed by atoms with E-state index in [1.807, 2.05) is 0 Å². The average molecular weight is 435 g/mol. The standard InChI is InChI=1S/C27H34N2OS/c1-19(2)18-30-21-6-8-22(9-7-21)31-23-10-11-26-24(16-23)25(17-28-26)20-12-14-29(15-13-20)27(3,4)5/h6-12,16-17,19,28H,13-15,18H2,1-5H3. The molecule has 0 radical (unpaired) electrons. The fourth-order valence-corrected chi connectivity index (χ4v) is 4.81. The van der Waals surface area contributed by atoms with Crippen LogP contribution in [-0.2, 0) is 0 Å². The Hall–Kier alpha value is -2.17. The minimum atomic E-state index is 0.224. The molecule has 0 amide bonds. The number of hydrogen-bond acceptors (Lipinski definition) is 3. The summed E-state index contributed by atoms with van der Waals surface area (Å²) in [6.45, 7) is 14.1. The Morgan fingerprint density at radius 3 is 2.45 bits per heavy atom. The molecule has 2 aromatic carbocycles. The van der Waals surface area contributed by atoms with Crippen LogP contribution in [0.1, 0.15) is 46.6 Å². The van der Waals surface area contributed by atoms with Crippen LogP contribution in [0.3, 0.4) is 0 Å². The topological polar surface area (TPSA) is 28.3 Å². The maximum atomic E-state index is 5.81. The third-order valence-corrected chi connectivity index (χ3v) is 6.80. The molecule has 3 aromatic rings. The molecule has 4 rings (SSSR count). The summed E-state index contributed by atoms with van der Waals surface area (Å²) >= 11 is 1.80. The lowest BCUT2D eigenvalue weighted by atomic mass is 9.96. The quantitative estimate of drug-likeness (QED) is 0.443. The summed E-state index contributed by atoms with van der Waals surface area (Å²) in [7, 11) is 0. The van der Waals surface area contributed by atoms with Gasteiger partial charge < -0.3 is 9.72 Å². The van der Waals surface area contributed by atoms with Crippen molar-refractivity contribution in [1.82, 2.24) is 9.88 Å². The molecule has 1 aliphatic rings. The van der Waals surface area contributed by atoms with Crippen molar-refractivity contribution in [3.05, 3.63) is 60.3 Å². The molecule has 31 heavy (non-hydrogen) atoms. The first-order chi connectivity index (χ1) is 14.8. The lowest BCUT2D eigenvalue weighted by Crippen LogP contribution is -2.43. The zero-order valence-corrected chi connectivity index (χ0v) is 20.2. The predicted octanol–water partition coefficient (Wildman–Crippen LogP) is 7.24. The molecule has 1 N–H and O–H groups in total. The Morgan fingerprint density at radius 1 is 1.06 bits per heavy atom. The molecule has 164 valence electrons. The summed E-state index contributed by atoms with van der Waals surface area (Å²) in [6, 6.07) is 15.2. The maximum absolute atomic E-state index is 5.81. The van der Waals surface area contributed by atoms with Crippen molar-refractivity contribution in [3.63, 3.8) is 0 Å². The van der Waals surface area contributed by atoms with Gasteiger partial charge in [0.15, 0.2) is 0 Å².